The summed E-state index contributed by atoms with van der Waals surface area (Å²) in [6.45, 7) is 2.84. The molecule has 0 spiro atoms. The second kappa shape index (κ2) is 7.01. The molecule has 144 valence electrons. The highest BCUT2D eigenvalue weighted by Gasteiger charge is 2.35. The molecule has 1 fully saturated rings. The van der Waals surface area contributed by atoms with Gasteiger partial charge in [0.1, 0.15) is 0 Å². The third kappa shape index (κ3) is 2.97. The van der Waals surface area contributed by atoms with Gasteiger partial charge in [0.25, 0.3) is 0 Å². The van der Waals surface area contributed by atoms with Gasteiger partial charge in [-0.15, -0.1) is 0 Å². The molecule has 1 aliphatic carbocycles. The first-order valence-electron chi connectivity index (χ1n) is 10.4. The van der Waals surface area contributed by atoms with E-state index in [-0.39, 0.29) is 12.1 Å². The molecule has 0 bridgehead atoms. The van der Waals surface area contributed by atoms with Gasteiger partial charge in [0, 0.05) is 29.2 Å². The van der Waals surface area contributed by atoms with E-state index in [2.05, 4.69) is 65.8 Å². The average Bonchev–Trinajstić information content (AvgIpc) is 3.35. The number of H-pyrrole nitrogens is 1. The van der Waals surface area contributed by atoms with Crippen molar-refractivity contribution in [1.82, 2.24) is 15.2 Å². The maximum atomic E-state index is 13.2. The predicted octanol–water partition coefficient (Wildman–Crippen LogP) is 5.08. The van der Waals surface area contributed by atoms with Crippen LogP contribution in [0.2, 0.25) is 0 Å². The van der Waals surface area contributed by atoms with Crippen LogP contribution >= 0.6 is 0 Å². The van der Waals surface area contributed by atoms with Crippen molar-refractivity contribution < 1.29 is 4.79 Å². The van der Waals surface area contributed by atoms with Gasteiger partial charge in [-0.2, -0.15) is 0 Å². The van der Waals surface area contributed by atoms with E-state index in [4.69, 9.17) is 0 Å². The summed E-state index contributed by atoms with van der Waals surface area (Å²) in [5.74, 6) is 0. The molecular weight excluding hydrogens is 346 g/mol. The Hall–Kier alpha value is -2.75. The van der Waals surface area contributed by atoms with E-state index in [1.807, 2.05) is 4.90 Å². The molecule has 1 aromatic heterocycles. The van der Waals surface area contributed by atoms with Gasteiger partial charge >= 0.3 is 6.03 Å². The highest BCUT2D eigenvalue weighted by atomic mass is 16.2. The standard InChI is InChI=1S/C24H27N3O/c1-16-10-12-17(13-11-16)23-22-20(19-8-4-5-9-21(19)26-22)14-15-27(23)24(28)25-18-6-2-3-7-18/h4-5,8-13,18,23,26H,2-3,6-7,14-15H2,1H3,(H,25,28)/t23-/m0/s1. The minimum absolute atomic E-state index is 0.0711. The number of hydrogen-bond donors (Lipinski definition) is 2. The summed E-state index contributed by atoms with van der Waals surface area (Å²) in [4.78, 5) is 18.9. The number of nitrogens with zero attached hydrogens (tertiary/aromatic N) is 1. The number of benzene rings is 2. The predicted molar refractivity (Wildman–Crippen MR) is 113 cm³/mol. The van der Waals surface area contributed by atoms with Gasteiger partial charge in [0.05, 0.1) is 6.04 Å². The highest BCUT2D eigenvalue weighted by Crippen LogP contribution is 2.38. The number of carbonyl (C=O) groups excluding carboxylic acids is 1. The van der Waals surface area contributed by atoms with Crippen LogP contribution in [0.1, 0.15) is 54.1 Å². The first kappa shape index (κ1) is 17.4. The van der Waals surface area contributed by atoms with Crippen LogP contribution in [0.5, 0.6) is 0 Å². The molecule has 4 heteroatoms. The lowest BCUT2D eigenvalue weighted by molar-refractivity contribution is 0.175. The first-order chi connectivity index (χ1) is 13.7. The van der Waals surface area contributed by atoms with E-state index >= 15 is 0 Å². The van der Waals surface area contributed by atoms with Crippen LogP contribution in [0.25, 0.3) is 10.9 Å². The molecule has 2 aliphatic rings. The number of urea groups is 1. The van der Waals surface area contributed by atoms with E-state index in [0.717, 1.165) is 37.0 Å². The van der Waals surface area contributed by atoms with Crippen molar-refractivity contribution in [3.05, 3.63) is 70.9 Å². The van der Waals surface area contributed by atoms with E-state index in [9.17, 15) is 4.79 Å². The van der Waals surface area contributed by atoms with E-state index in [1.165, 1.54) is 34.9 Å². The second-order valence-electron chi connectivity index (χ2n) is 8.25. The number of nitrogens with one attached hydrogen (secondary N) is 2. The van der Waals surface area contributed by atoms with E-state index in [1.54, 1.807) is 0 Å². The van der Waals surface area contributed by atoms with Crippen LogP contribution < -0.4 is 5.32 Å². The molecular formula is C24H27N3O. The number of hydrogen-bond acceptors (Lipinski definition) is 1. The fourth-order valence-corrected chi connectivity index (χ4v) is 4.88. The Morgan fingerprint density at radius 3 is 2.61 bits per heavy atom. The van der Waals surface area contributed by atoms with E-state index < -0.39 is 0 Å². The van der Waals surface area contributed by atoms with Crippen molar-refractivity contribution in [2.75, 3.05) is 6.54 Å². The van der Waals surface area contributed by atoms with Crippen LogP contribution in [-0.2, 0) is 6.42 Å². The summed E-state index contributed by atoms with van der Waals surface area (Å²) in [5, 5.41) is 4.58. The van der Waals surface area contributed by atoms with Crippen LogP contribution in [0.4, 0.5) is 4.79 Å². The fraction of sp³-hybridized carbons (Fsp3) is 0.375. The number of para-hydroxylation sites is 1. The summed E-state index contributed by atoms with van der Waals surface area (Å²) < 4.78 is 0. The topological polar surface area (TPSA) is 48.1 Å². The minimum atomic E-state index is -0.0712. The van der Waals surface area contributed by atoms with Gasteiger partial charge in [0.15, 0.2) is 0 Å². The maximum absolute atomic E-state index is 13.2. The zero-order valence-corrected chi connectivity index (χ0v) is 16.4. The zero-order chi connectivity index (χ0) is 19.1. The van der Waals surface area contributed by atoms with Crippen molar-refractivity contribution in [2.24, 2.45) is 0 Å². The summed E-state index contributed by atoms with van der Waals surface area (Å²) in [6.07, 6.45) is 5.54. The van der Waals surface area contributed by atoms with Gasteiger partial charge in [-0.05, 0) is 43.4 Å². The SMILES string of the molecule is Cc1ccc([C@H]2c3[nH]c4ccccc4c3CCN2C(=O)NC2CCCC2)cc1. The lowest BCUT2D eigenvalue weighted by Crippen LogP contribution is -2.48. The minimum Gasteiger partial charge on any atom is -0.356 e. The molecule has 2 heterocycles. The largest absolute Gasteiger partial charge is 0.356 e. The van der Waals surface area contributed by atoms with Gasteiger partial charge in [-0.1, -0.05) is 60.9 Å². The zero-order valence-electron chi connectivity index (χ0n) is 16.4. The second-order valence-corrected chi connectivity index (χ2v) is 8.25. The fourth-order valence-electron chi connectivity index (χ4n) is 4.88. The van der Waals surface area contributed by atoms with E-state index in [0.29, 0.717) is 6.04 Å². The Labute approximate surface area is 165 Å². The molecule has 2 amide bonds. The molecule has 1 atom stereocenters. The number of aromatic amines is 1. The molecule has 5 rings (SSSR count). The van der Waals surface area contributed by atoms with Crippen LogP contribution in [0, 0.1) is 6.92 Å². The van der Waals surface area contributed by atoms with Gasteiger partial charge in [-0.25, -0.2) is 4.79 Å². The average molecular weight is 374 g/mol. The third-order valence-electron chi connectivity index (χ3n) is 6.37. The van der Waals surface area contributed by atoms with Crippen molar-refractivity contribution in [3.63, 3.8) is 0 Å². The summed E-state index contributed by atoms with van der Waals surface area (Å²) >= 11 is 0. The number of rotatable bonds is 2. The Balaban J connectivity index is 1.56. The first-order valence-corrected chi connectivity index (χ1v) is 10.4. The lowest BCUT2D eigenvalue weighted by atomic mass is 9.92. The van der Waals surface area contributed by atoms with Crippen LogP contribution in [0.3, 0.4) is 0 Å². The van der Waals surface area contributed by atoms with Crippen molar-refractivity contribution in [2.45, 2.75) is 51.1 Å². The number of aryl methyl sites for hydroxylation is 1. The molecule has 2 N–H and O–H groups in total. The summed E-state index contributed by atoms with van der Waals surface area (Å²) in [6, 6.07) is 17.4. The summed E-state index contributed by atoms with van der Waals surface area (Å²) in [7, 11) is 0. The molecule has 3 aromatic rings. The Morgan fingerprint density at radius 1 is 1.07 bits per heavy atom. The van der Waals surface area contributed by atoms with Crippen molar-refractivity contribution in [3.8, 4) is 0 Å². The Kier molecular flexibility index (Phi) is 4.34. The normalized spacial score (nSPS) is 19.8. The lowest BCUT2D eigenvalue weighted by Gasteiger charge is -2.37. The molecule has 1 saturated carbocycles. The molecule has 0 saturated heterocycles. The van der Waals surface area contributed by atoms with Crippen molar-refractivity contribution >= 4 is 16.9 Å². The monoisotopic (exact) mass is 373 g/mol. The van der Waals surface area contributed by atoms with Crippen LogP contribution in [0.15, 0.2) is 48.5 Å². The molecule has 0 radical (unpaired) electrons. The molecule has 28 heavy (non-hydrogen) atoms. The third-order valence-corrected chi connectivity index (χ3v) is 6.37. The molecule has 2 aromatic carbocycles. The highest BCUT2D eigenvalue weighted by molar-refractivity contribution is 5.86. The number of amides is 2. The van der Waals surface area contributed by atoms with Gasteiger partial charge in [0.2, 0.25) is 0 Å². The number of aromatic nitrogens is 1. The Morgan fingerprint density at radius 2 is 1.82 bits per heavy atom. The van der Waals surface area contributed by atoms with Crippen molar-refractivity contribution in [1.29, 1.82) is 0 Å². The quantitative estimate of drug-likeness (QED) is 0.647. The van der Waals surface area contributed by atoms with Gasteiger partial charge in [-0.3, -0.25) is 0 Å². The smallest absolute Gasteiger partial charge is 0.318 e. The van der Waals surface area contributed by atoms with Crippen LogP contribution in [-0.4, -0.2) is 28.5 Å². The number of fused-ring (bicyclic) bond motifs is 3. The number of carbonyl (C=O) groups is 1. The Bertz CT molecular complexity index is 998. The molecule has 4 nitrogen and oxygen atoms in total. The molecule has 0 unspecified atom stereocenters. The molecule has 1 aliphatic heterocycles. The van der Waals surface area contributed by atoms with Gasteiger partial charge < -0.3 is 15.2 Å². The maximum Gasteiger partial charge on any atom is 0.318 e. The summed E-state index contributed by atoms with van der Waals surface area (Å²) in [5.41, 5.74) is 6.07.